The Morgan fingerprint density at radius 1 is 0.655 bits per heavy atom. The van der Waals surface area contributed by atoms with Crippen LogP contribution in [0.4, 0.5) is 11.8 Å². The summed E-state index contributed by atoms with van der Waals surface area (Å²) in [5, 5.41) is 1.21. The molecular weight excluding hydrogens is 358 g/mol. The fourth-order valence-corrected chi connectivity index (χ4v) is 5.45. The second-order valence-corrected chi connectivity index (χ2v) is 9.08. The predicted octanol–water partition coefficient (Wildman–Crippen LogP) is 4.46. The number of hydrogen-bond acceptors (Lipinski definition) is 5. The van der Waals surface area contributed by atoms with Gasteiger partial charge in [-0.25, -0.2) is 4.98 Å². The molecule has 5 nitrogen and oxygen atoms in total. The van der Waals surface area contributed by atoms with Gasteiger partial charge >= 0.3 is 0 Å². The van der Waals surface area contributed by atoms with Gasteiger partial charge in [-0.2, -0.15) is 4.98 Å². The van der Waals surface area contributed by atoms with E-state index in [4.69, 9.17) is 9.97 Å². The standard InChI is InChI=1S/C24H35N5/c1-2-9-15-28(14-8-1)23-21-12-6-7-13-22(21)25-24(26-23)29-18-16-27(17-19-29)20-10-4-3-5-11-20/h6-7,12-13,20H,1-5,8-11,14-19H2. The van der Waals surface area contributed by atoms with Gasteiger partial charge in [-0.15, -0.1) is 0 Å². The molecule has 0 radical (unpaired) electrons. The van der Waals surface area contributed by atoms with Crippen molar-refractivity contribution in [1.29, 1.82) is 0 Å². The summed E-state index contributed by atoms with van der Waals surface area (Å²) in [5.74, 6) is 2.09. The first-order valence-corrected chi connectivity index (χ1v) is 11.9. The van der Waals surface area contributed by atoms with Gasteiger partial charge in [0.2, 0.25) is 5.95 Å². The van der Waals surface area contributed by atoms with Crippen molar-refractivity contribution in [3.8, 4) is 0 Å². The van der Waals surface area contributed by atoms with E-state index in [9.17, 15) is 0 Å². The van der Waals surface area contributed by atoms with Crippen LogP contribution in [0.2, 0.25) is 0 Å². The number of piperazine rings is 1. The van der Waals surface area contributed by atoms with Crippen molar-refractivity contribution < 1.29 is 0 Å². The molecule has 29 heavy (non-hydrogen) atoms. The van der Waals surface area contributed by atoms with E-state index in [0.717, 1.165) is 62.6 Å². The summed E-state index contributed by atoms with van der Waals surface area (Å²) in [6.07, 6.45) is 12.3. The summed E-state index contributed by atoms with van der Waals surface area (Å²) in [5.41, 5.74) is 1.09. The molecule has 3 aliphatic rings. The van der Waals surface area contributed by atoms with Crippen LogP contribution < -0.4 is 9.80 Å². The molecule has 1 aliphatic carbocycles. The topological polar surface area (TPSA) is 35.5 Å². The lowest BCUT2D eigenvalue weighted by atomic mass is 9.94. The zero-order chi connectivity index (χ0) is 19.5. The number of fused-ring (bicyclic) bond motifs is 1. The molecule has 0 N–H and O–H groups in total. The van der Waals surface area contributed by atoms with Gasteiger partial charge in [-0.1, -0.05) is 44.2 Å². The van der Waals surface area contributed by atoms with Gasteiger partial charge in [0.15, 0.2) is 0 Å². The number of nitrogens with zero attached hydrogens (tertiary/aromatic N) is 5. The molecule has 1 aromatic carbocycles. The number of benzene rings is 1. The third-order valence-electron chi connectivity index (χ3n) is 7.17. The molecule has 2 aliphatic heterocycles. The molecule has 0 bridgehead atoms. The Kier molecular flexibility index (Phi) is 5.84. The van der Waals surface area contributed by atoms with Gasteiger partial charge in [0.25, 0.3) is 0 Å². The molecule has 0 amide bonds. The lowest BCUT2D eigenvalue weighted by molar-refractivity contribution is 0.147. The molecule has 5 rings (SSSR count). The van der Waals surface area contributed by atoms with Crippen LogP contribution in [-0.2, 0) is 0 Å². The van der Waals surface area contributed by atoms with E-state index in [1.165, 1.54) is 63.2 Å². The normalized spacial score (nSPS) is 22.8. The van der Waals surface area contributed by atoms with Crippen molar-refractivity contribution >= 4 is 22.7 Å². The first kappa shape index (κ1) is 19.1. The second kappa shape index (κ2) is 8.86. The molecule has 156 valence electrons. The molecule has 0 spiro atoms. The summed E-state index contributed by atoms with van der Waals surface area (Å²) < 4.78 is 0. The highest BCUT2D eigenvalue weighted by Gasteiger charge is 2.27. The average molecular weight is 394 g/mol. The summed E-state index contributed by atoms with van der Waals surface area (Å²) in [4.78, 5) is 17.8. The monoisotopic (exact) mass is 393 g/mol. The Labute approximate surface area is 175 Å². The third kappa shape index (κ3) is 4.20. The van der Waals surface area contributed by atoms with Crippen LogP contribution in [0.1, 0.15) is 57.8 Å². The van der Waals surface area contributed by atoms with Crippen molar-refractivity contribution in [3.05, 3.63) is 24.3 Å². The molecule has 2 saturated heterocycles. The van der Waals surface area contributed by atoms with Crippen molar-refractivity contribution in [2.24, 2.45) is 0 Å². The van der Waals surface area contributed by atoms with Crippen molar-refractivity contribution in [2.75, 3.05) is 49.1 Å². The molecule has 0 unspecified atom stereocenters. The number of rotatable bonds is 3. The largest absolute Gasteiger partial charge is 0.356 e. The van der Waals surface area contributed by atoms with E-state index in [0.29, 0.717) is 0 Å². The zero-order valence-electron chi connectivity index (χ0n) is 17.7. The molecular formula is C24H35N5. The van der Waals surface area contributed by atoms with Crippen LogP contribution in [0.15, 0.2) is 24.3 Å². The minimum absolute atomic E-state index is 0.816. The van der Waals surface area contributed by atoms with Crippen molar-refractivity contribution in [3.63, 3.8) is 0 Å². The van der Waals surface area contributed by atoms with Crippen molar-refractivity contribution in [2.45, 2.75) is 63.8 Å². The van der Waals surface area contributed by atoms with E-state index in [1.54, 1.807) is 0 Å². The van der Waals surface area contributed by atoms with E-state index >= 15 is 0 Å². The SMILES string of the molecule is c1ccc2c(N3CCCCCC3)nc(N3CCN(C4CCCCC4)CC3)nc2c1. The van der Waals surface area contributed by atoms with E-state index in [1.807, 2.05) is 0 Å². The summed E-state index contributed by atoms with van der Waals surface area (Å²) >= 11 is 0. The van der Waals surface area contributed by atoms with Gasteiger partial charge in [0, 0.05) is 50.7 Å². The van der Waals surface area contributed by atoms with E-state index in [2.05, 4.69) is 39.0 Å². The first-order chi connectivity index (χ1) is 14.4. The van der Waals surface area contributed by atoms with Gasteiger partial charge in [-0.3, -0.25) is 4.90 Å². The average Bonchev–Trinajstić information content (AvgIpc) is 3.09. The molecule has 5 heteroatoms. The van der Waals surface area contributed by atoms with Crippen molar-refractivity contribution in [1.82, 2.24) is 14.9 Å². The minimum atomic E-state index is 0.816. The Bertz CT molecular complexity index is 800. The lowest BCUT2D eigenvalue weighted by Gasteiger charge is -2.41. The van der Waals surface area contributed by atoms with Gasteiger partial charge in [0.1, 0.15) is 5.82 Å². The van der Waals surface area contributed by atoms with Crippen LogP contribution >= 0.6 is 0 Å². The smallest absolute Gasteiger partial charge is 0.227 e. The highest BCUT2D eigenvalue weighted by Crippen LogP contribution is 2.29. The van der Waals surface area contributed by atoms with E-state index < -0.39 is 0 Å². The maximum Gasteiger partial charge on any atom is 0.227 e. The molecule has 2 aromatic rings. The lowest BCUT2D eigenvalue weighted by Crippen LogP contribution is -2.51. The molecule has 1 saturated carbocycles. The number of anilines is 2. The molecule has 0 atom stereocenters. The molecule has 3 fully saturated rings. The van der Waals surface area contributed by atoms with Gasteiger partial charge in [0.05, 0.1) is 5.52 Å². The Morgan fingerprint density at radius 3 is 2.10 bits per heavy atom. The quantitative estimate of drug-likeness (QED) is 0.769. The van der Waals surface area contributed by atoms with Crippen LogP contribution in [0, 0.1) is 0 Å². The Balaban J connectivity index is 1.37. The summed E-state index contributed by atoms with van der Waals surface area (Å²) in [7, 11) is 0. The fraction of sp³-hybridized carbons (Fsp3) is 0.667. The van der Waals surface area contributed by atoms with E-state index in [-0.39, 0.29) is 0 Å². The number of hydrogen-bond donors (Lipinski definition) is 0. The summed E-state index contributed by atoms with van der Waals surface area (Å²) in [6.45, 7) is 6.65. The minimum Gasteiger partial charge on any atom is -0.356 e. The predicted molar refractivity (Wildman–Crippen MR) is 121 cm³/mol. The number of para-hydroxylation sites is 1. The maximum absolute atomic E-state index is 5.15. The highest BCUT2D eigenvalue weighted by molar-refractivity contribution is 5.90. The van der Waals surface area contributed by atoms with Crippen LogP contribution in [0.3, 0.4) is 0 Å². The van der Waals surface area contributed by atoms with Gasteiger partial charge in [-0.05, 0) is 37.8 Å². The second-order valence-electron chi connectivity index (χ2n) is 9.08. The number of aromatic nitrogens is 2. The third-order valence-corrected chi connectivity index (χ3v) is 7.17. The fourth-order valence-electron chi connectivity index (χ4n) is 5.45. The summed E-state index contributed by atoms with van der Waals surface area (Å²) in [6, 6.07) is 9.39. The van der Waals surface area contributed by atoms with Crippen LogP contribution in [-0.4, -0.2) is 60.2 Å². The van der Waals surface area contributed by atoms with Gasteiger partial charge < -0.3 is 9.80 Å². The first-order valence-electron chi connectivity index (χ1n) is 11.9. The molecule has 3 heterocycles. The Morgan fingerprint density at radius 2 is 1.34 bits per heavy atom. The highest BCUT2D eigenvalue weighted by atomic mass is 15.3. The molecule has 1 aromatic heterocycles. The van der Waals surface area contributed by atoms with Crippen LogP contribution in [0.25, 0.3) is 10.9 Å². The maximum atomic E-state index is 5.15. The zero-order valence-corrected chi connectivity index (χ0v) is 17.7. The van der Waals surface area contributed by atoms with Crippen LogP contribution in [0.5, 0.6) is 0 Å². The Hall–Kier alpha value is -1.88.